The van der Waals surface area contributed by atoms with Crippen LogP contribution in [0.15, 0.2) is 18.2 Å². The molecule has 6 heteroatoms. The van der Waals surface area contributed by atoms with E-state index < -0.39 is 11.2 Å². The number of hydrogen-bond donors (Lipinski definition) is 1. The van der Waals surface area contributed by atoms with Crippen LogP contribution in [0.3, 0.4) is 0 Å². The number of hydroxylamine groups is 2. The maximum atomic E-state index is 13.3. The van der Waals surface area contributed by atoms with E-state index in [1.54, 1.807) is 17.2 Å². The first-order chi connectivity index (χ1) is 10.2. The maximum absolute atomic E-state index is 13.3. The Kier molecular flexibility index (Phi) is 5.10. The predicted octanol–water partition coefficient (Wildman–Crippen LogP) is 3.10. The zero-order chi connectivity index (χ0) is 16.5. The minimum absolute atomic E-state index is 0.0719. The van der Waals surface area contributed by atoms with Crippen LogP contribution in [-0.2, 0) is 9.63 Å². The molecule has 2 N–H and O–H groups in total. The van der Waals surface area contributed by atoms with Crippen molar-refractivity contribution in [1.82, 2.24) is 5.06 Å². The van der Waals surface area contributed by atoms with Crippen LogP contribution in [0.2, 0.25) is 5.02 Å². The molecule has 2 rings (SSSR count). The molecule has 122 valence electrons. The van der Waals surface area contributed by atoms with Gasteiger partial charge in [-0.15, -0.1) is 5.06 Å². The first-order valence-corrected chi connectivity index (χ1v) is 7.74. The number of benzene rings is 1. The summed E-state index contributed by atoms with van der Waals surface area (Å²) in [4.78, 5) is 17.3. The standard InChI is InChI=1S/C16H22ClFN2O2/c1-16(2,3)15(21)22-20-7-6-11(14(19)9-20)10-4-5-13(18)12(17)8-10/h4-5,8,11,14H,6-7,9,19H2,1-3H3. The molecule has 22 heavy (non-hydrogen) atoms. The van der Waals surface area contributed by atoms with Crippen LogP contribution in [-0.4, -0.2) is 30.2 Å². The lowest BCUT2D eigenvalue weighted by Crippen LogP contribution is -2.48. The minimum Gasteiger partial charge on any atom is -0.367 e. The molecule has 0 aliphatic carbocycles. The average Bonchev–Trinajstić information content (AvgIpc) is 2.41. The van der Waals surface area contributed by atoms with Crippen molar-refractivity contribution in [2.75, 3.05) is 13.1 Å². The van der Waals surface area contributed by atoms with Crippen LogP contribution in [0.1, 0.15) is 38.7 Å². The van der Waals surface area contributed by atoms with Crippen molar-refractivity contribution in [2.24, 2.45) is 11.1 Å². The number of carbonyl (C=O) groups is 1. The number of halogens is 2. The van der Waals surface area contributed by atoms with Crippen molar-refractivity contribution in [3.63, 3.8) is 0 Å². The molecule has 0 amide bonds. The molecule has 0 bridgehead atoms. The molecule has 1 fully saturated rings. The summed E-state index contributed by atoms with van der Waals surface area (Å²) in [5.74, 6) is -0.638. The van der Waals surface area contributed by atoms with Crippen LogP contribution in [0.25, 0.3) is 0 Å². The van der Waals surface area contributed by atoms with Crippen molar-refractivity contribution in [3.8, 4) is 0 Å². The predicted molar refractivity (Wildman–Crippen MR) is 83.9 cm³/mol. The third kappa shape index (κ3) is 3.97. The Bertz CT molecular complexity index is 560. The Morgan fingerprint density at radius 2 is 2.14 bits per heavy atom. The fourth-order valence-corrected chi connectivity index (χ4v) is 2.63. The van der Waals surface area contributed by atoms with Crippen molar-refractivity contribution in [2.45, 2.75) is 39.2 Å². The van der Waals surface area contributed by atoms with Gasteiger partial charge in [-0.25, -0.2) is 9.18 Å². The average molecular weight is 329 g/mol. The second-order valence-corrected chi connectivity index (χ2v) is 7.16. The third-order valence-electron chi connectivity index (χ3n) is 3.82. The zero-order valence-corrected chi connectivity index (χ0v) is 13.9. The molecule has 4 nitrogen and oxygen atoms in total. The van der Waals surface area contributed by atoms with Crippen molar-refractivity contribution >= 4 is 17.6 Å². The highest BCUT2D eigenvalue weighted by molar-refractivity contribution is 6.30. The second-order valence-electron chi connectivity index (χ2n) is 6.75. The van der Waals surface area contributed by atoms with E-state index in [4.69, 9.17) is 22.2 Å². The molecule has 0 aromatic heterocycles. The summed E-state index contributed by atoms with van der Waals surface area (Å²) in [6.07, 6.45) is 0.723. The number of nitrogens with two attached hydrogens (primary N) is 1. The van der Waals surface area contributed by atoms with Crippen LogP contribution >= 0.6 is 11.6 Å². The minimum atomic E-state index is -0.550. The van der Waals surface area contributed by atoms with Gasteiger partial charge in [-0.2, -0.15) is 0 Å². The van der Waals surface area contributed by atoms with Gasteiger partial charge in [0.05, 0.1) is 17.0 Å². The first kappa shape index (κ1) is 17.2. The molecule has 1 aromatic carbocycles. The molecule has 1 saturated heterocycles. The fraction of sp³-hybridized carbons (Fsp3) is 0.562. The highest BCUT2D eigenvalue weighted by Crippen LogP contribution is 2.30. The van der Waals surface area contributed by atoms with Crippen LogP contribution in [0.5, 0.6) is 0 Å². The normalized spacial score (nSPS) is 23.4. The summed E-state index contributed by atoms with van der Waals surface area (Å²) in [5, 5.41) is 1.71. The van der Waals surface area contributed by atoms with Crippen molar-refractivity contribution in [3.05, 3.63) is 34.6 Å². The van der Waals surface area contributed by atoms with Gasteiger partial charge in [-0.3, -0.25) is 0 Å². The van der Waals surface area contributed by atoms with Gasteiger partial charge in [0.15, 0.2) is 0 Å². The van der Waals surface area contributed by atoms with E-state index in [1.807, 2.05) is 20.8 Å². The highest BCUT2D eigenvalue weighted by atomic mass is 35.5. The summed E-state index contributed by atoms with van der Waals surface area (Å²) in [6, 6.07) is 4.49. The summed E-state index contributed by atoms with van der Waals surface area (Å²) in [5.41, 5.74) is 6.57. The molecule has 0 spiro atoms. The van der Waals surface area contributed by atoms with E-state index in [1.165, 1.54) is 6.07 Å². The Hall–Kier alpha value is -1.17. The number of hydrogen-bond acceptors (Lipinski definition) is 4. The van der Waals surface area contributed by atoms with Gasteiger partial charge in [0.25, 0.3) is 0 Å². The van der Waals surface area contributed by atoms with Gasteiger partial charge in [0.1, 0.15) is 5.82 Å². The smallest absolute Gasteiger partial charge is 0.330 e. The summed E-state index contributed by atoms with van der Waals surface area (Å²) < 4.78 is 13.3. The molecular formula is C16H22ClFN2O2. The van der Waals surface area contributed by atoms with Crippen LogP contribution < -0.4 is 5.73 Å². The quantitative estimate of drug-likeness (QED) is 0.906. The summed E-state index contributed by atoms with van der Waals surface area (Å²) in [6.45, 7) is 6.46. The van der Waals surface area contributed by atoms with Gasteiger partial charge in [0.2, 0.25) is 0 Å². The Morgan fingerprint density at radius 1 is 1.45 bits per heavy atom. The van der Waals surface area contributed by atoms with E-state index in [0.29, 0.717) is 13.1 Å². The number of rotatable bonds is 2. The van der Waals surface area contributed by atoms with Crippen LogP contribution in [0.4, 0.5) is 4.39 Å². The van der Waals surface area contributed by atoms with E-state index in [2.05, 4.69) is 0 Å². The molecular weight excluding hydrogens is 307 g/mol. The number of carbonyl (C=O) groups excluding carboxylic acids is 1. The molecule has 1 aromatic rings. The lowest BCUT2D eigenvalue weighted by Gasteiger charge is -2.36. The molecule has 1 heterocycles. The van der Waals surface area contributed by atoms with Crippen LogP contribution in [0, 0.1) is 11.2 Å². The van der Waals surface area contributed by atoms with E-state index in [0.717, 1.165) is 12.0 Å². The lowest BCUT2D eigenvalue weighted by molar-refractivity contribution is -0.205. The van der Waals surface area contributed by atoms with E-state index in [-0.39, 0.29) is 23.0 Å². The van der Waals surface area contributed by atoms with Crippen molar-refractivity contribution in [1.29, 1.82) is 0 Å². The number of nitrogens with zero attached hydrogens (tertiary/aromatic N) is 1. The fourth-order valence-electron chi connectivity index (χ4n) is 2.44. The number of piperidine rings is 1. The van der Waals surface area contributed by atoms with Gasteiger partial charge in [-0.1, -0.05) is 17.7 Å². The lowest BCUT2D eigenvalue weighted by atomic mass is 9.86. The van der Waals surface area contributed by atoms with Gasteiger partial charge in [-0.05, 0) is 44.9 Å². The van der Waals surface area contributed by atoms with Crippen molar-refractivity contribution < 1.29 is 14.0 Å². The second kappa shape index (κ2) is 6.52. The monoisotopic (exact) mass is 328 g/mol. The summed E-state index contributed by atoms with van der Waals surface area (Å²) in [7, 11) is 0. The highest BCUT2D eigenvalue weighted by Gasteiger charge is 2.32. The maximum Gasteiger partial charge on any atom is 0.330 e. The van der Waals surface area contributed by atoms with Gasteiger partial charge >= 0.3 is 5.97 Å². The third-order valence-corrected chi connectivity index (χ3v) is 4.11. The van der Waals surface area contributed by atoms with E-state index in [9.17, 15) is 9.18 Å². The molecule has 0 saturated carbocycles. The molecule has 1 aliphatic rings. The Morgan fingerprint density at radius 3 is 2.68 bits per heavy atom. The molecule has 0 radical (unpaired) electrons. The molecule has 1 aliphatic heterocycles. The Balaban J connectivity index is 2.01. The zero-order valence-electron chi connectivity index (χ0n) is 13.1. The topological polar surface area (TPSA) is 55.6 Å². The Labute approximate surface area is 135 Å². The van der Waals surface area contributed by atoms with Gasteiger partial charge < -0.3 is 10.6 Å². The van der Waals surface area contributed by atoms with E-state index >= 15 is 0 Å². The SMILES string of the molecule is CC(C)(C)C(=O)ON1CCC(c2ccc(F)c(Cl)c2)C(N)C1. The molecule has 2 atom stereocenters. The van der Waals surface area contributed by atoms with Gasteiger partial charge in [0, 0.05) is 18.5 Å². The largest absolute Gasteiger partial charge is 0.367 e. The first-order valence-electron chi connectivity index (χ1n) is 7.36. The summed E-state index contributed by atoms with van der Waals surface area (Å²) >= 11 is 5.83. The molecule has 2 unspecified atom stereocenters.